The van der Waals surface area contributed by atoms with Gasteiger partial charge < -0.3 is 11.5 Å². The molecule has 142 valence electrons. The van der Waals surface area contributed by atoms with Gasteiger partial charge in [0, 0.05) is 22.5 Å². The lowest BCUT2D eigenvalue weighted by molar-refractivity contribution is -0.374. The monoisotopic (exact) mass is 384 g/mol. The maximum absolute atomic E-state index is 14.0. The molecule has 2 nitrogen and oxygen atoms in total. The Balaban J connectivity index is 2.53. The van der Waals surface area contributed by atoms with E-state index >= 15 is 0 Å². The van der Waals surface area contributed by atoms with Crippen molar-refractivity contribution in [2.24, 2.45) is 0 Å². The molecule has 0 aliphatic heterocycles. The molecule has 0 bridgehead atoms. The van der Waals surface area contributed by atoms with Crippen molar-refractivity contribution in [1.82, 2.24) is 0 Å². The molecule has 0 saturated carbocycles. The summed E-state index contributed by atoms with van der Waals surface area (Å²) in [6, 6.07) is 4.49. The molecule has 0 unspecified atom stereocenters. The fourth-order valence-corrected chi connectivity index (χ4v) is 2.14. The smallest absolute Gasteiger partial charge is 0.382 e. The average Bonchev–Trinajstić information content (AvgIpc) is 2.55. The first-order valence-corrected chi connectivity index (χ1v) is 6.98. The molecule has 0 atom stereocenters. The molecule has 0 fully saturated rings. The Kier molecular flexibility index (Phi) is 4.59. The number of nitrogen functional groups attached to an aromatic ring is 2. The van der Waals surface area contributed by atoms with Crippen molar-refractivity contribution in [2.45, 2.75) is 23.7 Å². The molecule has 0 amide bonds. The second-order valence-corrected chi connectivity index (χ2v) is 5.54. The van der Waals surface area contributed by atoms with E-state index in [0.29, 0.717) is 24.3 Å². The SMILES string of the molecule is Nc1ccc(C(F)(F)C(F)(F)C(F)(F)C(F)(F)c2ccc(N)cc2)cc1. The summed E-state index contributed by atoms with van der Waals surface area (Å²) < 4.78 is 112. The van der Waals surface area contributed by atoms with Crippen LogP contribution in [0.2, 0.25) is 0 Å². The molecule has 10 heteroatoms. The zero-order chi connectivity index (χ0) is 20.0. The summed E-state index contributed by atoms with van der Waals surface area (Å²) in [6.07, 6.45) is 0. The van der Waals surface area contributed by atoms with Gasteiger partial charge in [0.25, 0.3) is 0 Å². The van der Waals surface area contributed by atoms with Crippen LogP contribution in [0.1, 0.15) is 11.1 Å². The van der Waals surface area contributed by atoms with Crippen LogP contribution in [0.15, 0.2) is 48.5 Å². The highest BCUT2D eigenvalue weighted by atomic mass is 19.4. The van der Waals surface area contributed by atoms with Crippen LogP contribution < -0.4 is 11.5 Å². The van der Waals surface area contributed by atoms with Gasteiger partial charge in [-0.25, -0.2) is 0 Å². The highest BCUT2D eigenvalue weighted by molar-refractivity contribution is 5.43. The Morgan fingerprint density at radius 3 is 0.923 bits per heavy atom. The molecular formula is C16H12F8N2. The van der Waals surface area contributed by atoms with Gasteiger partial charge in [-0.1, -0.05) is 24.3 Å². The Morgan fingerprint density at radius 2 is 0.692 bits per heavy atom. The van der Waals surface area contributed by atoms with E-state index in [0.717, 1.165) is 24.3 Å². The van der Waals surface area contributed by atoms with Crippen molar-refractivity contribution in [2.75, 3.05) is 11.5 Å². The van der Waals surface area contributed by atoms with E-state index in [9.17, 15) is 35.1 Å². The molecule has 2 aromatic rings. The minimum Gasteiger partial charge on any atom is -0.399 e. The fraction of sp³-hybridized carbons (Fsp3) is 0.250. The molecule has 0 saturated heterocycles. The van der Waals surface area contributed by atoms with Crippen molar-refractivity contribution < 1.29 is 35.1 Å². The summed E-state index contributed by atoms with van der Waals surface area (Å²) >= 11 is 0. The molecule has 2 rings (SSSR count). The van der Waals surface area contributed by atoms with Gasteiger partial charge in [0.2, 0.25) is 0 Å². The van der Waals surface area contributed by atoms with Crippen LogP contribution in [-0.4, -0.2) is 11.8 Å². The van der Waals surface area contributed by atoms with Crippen molar-refractivity contribution in [3.63, 3.8) is 0 Å². The summed E-state index contributed by atoms with van der Waals surface area (Å²) in [5.41, 5.74) is 7.06. The van der Waals surface area contributed by atoms with Gasteiger partial charge in [0.1, 0.15) is 0 Å². The molecule has 0 aromatic heterocycles. The lowest BCUT2D eigenvalue weighted by Crippen LogP contribution is -2.59. The number of alkyl halides is 8. The third kappa shape index (κ3) is 2.82. The molecule has 26 heavy (non-hydrogen) atoms. The van der Waals surface area contributed by atoms with E-state index in [-0.39, 0.29) is 11.4 Å². The zero-order valence-corrected chi connectivity index (χ0v) is 12.8. The van der Waals surface area contributed by atoms with E-state index in [1.54, 1.807) is 0 Å². The maximum atomic E-state index is 14.0. The number of rotatable bonds is 5. The minimum absolute atomic E-state index is 0.105. The number of anilines is 2. The minimum atomic E-state index is -6.42. The molecule has 2 aromatic carbocycles. The predicted molar refractivity (Wildman–Crippen MR) is 79.4 cm³/mol. The summed E-state index contributed by atoms with van der Waals surface area (Å²) in [5, 5.41) is 0. The number of nitrogens with two attached hydrogens (primary N) is 2. The van der Waals surface area contributed by atoms with Crippen LogP contribution in [0, 0.1) is 0 Å². The van der Waals surface area contributed by atoms with Crippen molar-refractivity contribution in [1.29, 1.82) is 0 Å². The Hall–Kier alpha value is -2.52. The Morgan fingerprint density at radius 1 is 0.462 bits per heavy atom. The van der Waals surface area contributed by atoms with Crippen molar-refractivity contribution in [3.8, 4) is 0 Å². The standard InChI is InChI=1S/C16H12F8N2/c17-13(18,9-1-5-11(25)6-2-9)15(21,22)16(23,24)14(19,20)10-3-7-12(26)8-4-10/h1-8H,25-26H2. The van der Waals surface area contributed by atoms with Crippen LogP contribution in [-0.2, 0) is 11.8 Å². The molecule has 0 radical (unpaired) electrons. The summed E-state index contributed by atoms with van der Waals surface area (Å²) in [6.45, 7) is 0. The number of hydrogen-bond acceptors (Lipinski definition) is 2. The van der Waals surface area contributed by atoms with Gasteiger partial charge in [-0.2, -0.15) is 35.1 Å². The second-order valence-electron chi connectivity index (χ2n) is 5.54. The van der Waals surface area contributed by atoms with Gasteiger partial charge >= 0.3 is 23.7 Å². The molecule has 0 aliphatic rings. The summed E-state index contributed by atoms with van der Waals surface area (Å²) in [7, 11) is 0. The van der Waals surface area contributed by atoms with E-state index < -0.39 is 34.8 Å². The normalized spacial score (nSPS) is 13.7. The van der Waals surface area contributed by atoms with E-state index in [1.807, 2.05) is 0 Å². The first-order chi connectivity index (χ1) is 11.7. The first-order valence-electron chi connectivity index (χ1n) is 6.98. The van der Waals surface area contributed by atoms with Gasteiger partial charge in [-0.15, -0.1) is 0 Å². The average molecular weight is 384 g/mol. The fourth-order valence-electron chi connectivity index (χ4n) is 2.14. The van der Waals surface area contributed by atoms with Crippen molar-refractivity contribution in [3.05, 3.63) is 59.7 Å². The Bertz CT molecular complexity index is 702. The summed E-state index contributed by atoms with van der Waals surface area (Å²) in [5.74, 6) is -24.0. The van der Waals surface area contributed by atoms with Gasteiger partial charge in [-0.05, 0) is 24.3 Å². The van der Waals surface area contributed by atoms with Crippen LogP contribution in [0.3, 0.4) is 0 Å². The van der Waals surface area contributed by atoms with Crippen molar-refractivity contribution >= 4 is 11.4 Å². The Labute approximate surface area is 142 Å². The molecule has 0 aliphatic carbocycles. The number of halogens is 8. The van der Waals surface area contributed by atoms with Gasteiger partial charge in [-0.3, -0.25) is 0 Å². The number of benzene rings is 2. The predicted octanol–water partition coefficient (Wildman–Crippen LogP) is 5.01. The molecular weight excluding hydrogens is 372 g/mol. The lowest BCUT2D eigenvalue weighted by Gasteiger charge is -2.37. The highest BCUT2D eigenvalue weighted by Crippen LogP contribution is 2.59. The largest absolute Gasteiger partial charge is 0.399 e. The highest BCUT2D eigenvalue weighted by Gasteiger charge is 2.81. The molecule has 4 N–H and O–H groups in total. The van der Waals surface area contributed by atoms with Gasteiger partial charge in [0.05, 0.1) is 0 Å². The lowest BCUT2D eigenvalue weighted by atomic mass is 9.90. The maximum Gasteiger partial charge on any atom is 0.382 e. The molecule has 0 spiro atoms. The van der Waals surface area contributed by atoms with Crippen LogP contribution >= 0.6 is 0 Å². The van der Waals surface area contributed by atoms with Crippen LogP contribution in [0.5, 0.6) is 0 Å². The van der Waals surface area contributed by atoms with Gasteiger partial charge in [0.15, 0.2) is 0 Å². The van der Waals surface area contributed by atoms with E-state index in [4.69, 9.17) is 11.5 Å². The van der Waals surface area contributed by atoms with Crippen LogP contribution in [0.25, 0.3) is 0 Å². The number of hydrogen-bond donors (Lipinski definition) is 2. The van der Waals surface area contributed by atoms with E-state index in [2.05, 4.69) is 0 Å². The second kappa shape index (κ2) is 6.03. The molecule has 0 heterocycles. The third-order valence-corrected chi connectivity index (χ3v) is 3.73. The summed E-state index contributed by atoms with van der Waals surface area (Å²) in [4.78, 5) is 0. The third-order valence-electron chi connectivity index (χ3n) is 3.73. The zero-order valence-electron chi connectivity index (χ0n) is 12.8. The quantitative estimate of drug-likeness (QED) is 0.563. The first kappa shape index (κ1) is 19.8. The van der Waals surface area contributed by atoms with Crippen LogP contribution in [0.4, 0.5) is 46.5 Å². The van der Waals surface area contributed by atoms with E-state index in [1.165, 1.54) is 0 Å². The topological polar surface area (TPSA) is 52.0 Å².